The van der Waals surface area contributed by atoms with Crippen molar-refractivity contribution in [3.63, 3.8) is 0 Å². The number of aromatic carboxylic acids is 1. The zero-order chi connectivity index (χ0) is 20.5. The maximum Gasteiger partial charge on any atom is 0.335 e. The van der Waals surface area contributed by atoms with Crippen LogP contribution in [0.3, 0.4) is 0 Å². The molecular weight excluding hydrogens is 392 g/mol. The number of hydrogen-bond donors (Lipinski definition) is 3. The number of nitrogens with one attached hydrogen (secondary N) is 2. The van der Waals surface area contributed by atoms with Crippen LogP contribution in [0.2, 0.25) is 0 Å². The summed E-state index contributed by atoms with van der Waals surface area (Å²) in [5.41, 5.74) is 3.22. The second-order valence-electron chi connectivity index (χ2n) is 6.57. The SMILES string of the molecule is N#Cc1c2n(c3c(=S)nc[nH]c13)CCN(C(=O)Nc1cccc(C(=O)O)c1)CC2. The van der Waals surface area contributed by atoms with Crippen LogP contribution in [0.5, 0.6) is 0 Å². The summed E-state index contributed by atoms with van der Waals surface area (Å²) in [4.78, 5) is 32.6. The van der Waals surface area contributed by atoms with Gasteiger partial charge in [-0.15, -0.1) is 0 Å². The summed E-state index contributed by atoms with van der Waals surface area (Å²) in [7, 11) is 0. The number of fused-ring (bicyclic) bond motifs is 3. The van der Waals surface area contributed by atoms with Gasteiger partial charge >= 0.3 is 12.0 Å². The lowest BCUT2D eigenvalue weighted by Crippen LogP contribution is -2.37. The summed E-state index contributed by atoms with van der Waals surface area (Å²) >= 11 is 5.34. The van der Waals surface area contributed by atoms with Crippen molar-refractivity contribution in [2.24, 2.45) is 0 Å². The number of carboxylic acid groups (broad SMARTS) is 1. The molecule has 0 spiro atoms. The summed E-state index contributed by atoms with van der Waals surface area (Å²) in [5, 5.41) is 21.5. The number of aromatic nitrogens is 3. The van der Waals surface area contributed by atoms with Crippen LogP contribution in [0, 0.1) is 16.0 Å². The normalized spacial score (nSPS) is 13.4. The number of nitriles is 1. The van der Waals surface area contributed by atoms with Crippen LogP contribution in [0.4, 0.5) is 10.5 Å². The van der Waals surface area contributed by atoms with Gasteiger partial charge in [-0.3, -0.25) is 0 Å². The second-order valence-corrected chi connectivity index (χ2v) is 6.96. The Balaban J connectivity index is 1.58. The molecule has 2 aromatic heterocycles. The van der Waals surface area contributed by atoms with Crippen LogP contribution in [-0.4, -0.2) is 49.6 Å². The van der Waals surface area contributed by atoms with E-state index >= 15 is 0 Å². The molecule has 1 aliphatic rings. The van der Waals surface area contributed by atoms with E-state index in [2.05, 4.69) is 21.4 Å². The van der Waals surface area contributed by atoms with Crippen LogP contribution in [0.1, 0.15) is 21.6 Å². The Bertz CT molecular complexity index is 1240. The third kappa shape index (κ3) is 3.32. The molecule has 3 N–H and O–H groups in total. The molecule has 29 heavy (non-hydrogen) atoms. The molecule has 1 aliphatic heterocycles. The highest BCUT2D eigenvalue weighted by atomic mass is 32.1. The molecule has 1 aromatic carbocycles. The fraction of sp³-hybridized carbons (Fsp3) is 0.211. The van der Waals surface area contributed by atoms with Crippen molar-refractivity contribution < 1.29 is 14.7 Å². The quantitative estimate of drug-likeness (QED) is 0.560. The van der Waals surface area contributed by atoms with E-state index in [9.17, 15) is 14.9 Å². The first-order valence-electron chi connectivity index (χ1n) is 8.87. The lowest BCUT2D eigenvalue weighted by Gasteiger charge is -2.21. The Morgan fingerprint density at radius 3 is 2.90 bits per heavy atom. The van der Waals surface area contributed by atoms with E-state index in [0.717, 1.165) is 5.69 Å². The number of urea groups is 1. The summed E-state index contributed by atoms with van der Waals surface area (Å²) in [6, 6.07) is 7.99. The van der Waals surface area contributed by atoms with Gasteiger partial charge in [0.15, 0.2) is 4.64 Å². The van der Waals surface area contributed by atoms with Gasteiger partial charge in [-0.25, -0.2) is 14.6 Å². The van der Waals surface area contributed by atoms with Crippen LogP contribution in [0.25, 0.3) is 11.0 Å². The van der Waals surface area contributed by atoms with Gasteiger partial charge in [0.1, 0.15) is 11.6 Å². The van der Waals surface area contributed by atoms with Gasteiger partial charge in [-0.05, 0) is 18.2 Å². The van der Waals surface area contributed by atoms with Crippen LogP contribution in [0.15, 0.2) is 30.6 Å². The Morgan fingerprint density at radius 2 is 2.14 bits per heavy atom. The van der Waals surface area contributed by atoms with Crippen LogP contribution >= 0.6 is 12.2 Å². The molecular formula is C19H16N6O3S. The lowest BCUT2D eigenvalue weighted by molar-refractivity contribution is 0.0697. The van der Waals surface area contributed by atoms with E-state index < -0.39 is 5.97 Å². The molecule has 0 bridgehead atoms. The first kappa shape index (κ1) is 18.6. The van der Waals surface area contributed by atoms with Gasteiger partial charge in [-0.2, -0.15) is 5.26 Å². The average molecular weight is 408 g/mol. The minimum Gasteiger partial charge on any atom is -0.478 e. The van der Waals surface area contributed by atoms with Gasteiger partial charge in [0.05, 0.1) is 23.0 Å². The number of hydrogen-bond acceptors (Lipinski definition) is 5. The Labute approximate surface area is 170 Å². The number of anilines is 1. The molecule has 0 saturated heterocycles. The first-order chi connectivity index (χ1) is 14.0. The summed E-state index contributed by atoms with van der Waals surface area (Å²) in [5.74, 6) is -1.06. The number of aromatic amines is 1. The molecule has 10 heteroatoms. The van der Waals surface area contributed by atoms with E-state index in [1.54, 1.807) is 17.0 Å². The minimum absolute atomic E-state index is 0.0986. The number of benzene rings is 1. The standard InChI is InChI=1S/C19H16N6O3S/c20-9-13-14-4-5-24(6-7-25(14)16-15(13)21-10-22-17(16)29)19(28)23-12-3-1-2-11(8-12)18(26)27/h1-3,8,10H,4-7H2,(H,23,28)(H,26,27)(H,21,22,29). The van der Waals surface area contributed by atoms with Crippen molar-refractivity contribution in [2.75, 3.05) is 18.4 Å². The fourth-order valence-corrected chi connectivity index (χ4v) is 3.85. The molecule has 146 valence electrons. The first-order valence-corrected chi connectivity index (χ1v) is 9.28. The number of nitrogens with zero attached hydrogens (tertiary/aromatic N) is 4. The van der Waals surface area contributed by atoms with Gasteiger partial charge in [0.2, 0.25) is 0 Å². The van der Waals surface area contributed by atoms with E-state index in [-0.39, 0.29) is 11.6 Å². The Kier molecular flexibility index (Phi) is 4.74. The van der Waals surface area contributed by atoms with Crippen LogP contribution in [-0.2, 0) is 13.0 Å². The highest BCUT2D eigenvalue weighted by Crippen LogP contribution is 2.26. The van der Waals surface area contributed by atoms with Gasteiger partial charge in [0, 0.05) is 37.4 Å². The number of carbonyl (C=O) groups is 2. The number of carboxylic acids is 1. The van der Waals surface area contributed by atoms with Gasteiger partial charge in [0.25, 0.3) is 0 Å². The monoisotopic (exact) mass is 408 g/mol. The highest BCUT2D eigenvalue weighted by Gasteiger charge is 2.25. The Hall–Kier alpha value is -3.71. The van der Waals surface area contributed by atoms with Gasteiger partial charge < -0.3 is 24.9 Å². The van der Waals surface area contributed by atoms with E-state index in [0.29, 0.717) is 53.0 Å². The zero-order valence-electron chi connectivity index (χ0n) is 15.2. The summed E-state index contributed by atoms with van der Waals surface area (Å²) in [6.07, 6.45) is 1.97. The molecule has 3 aromatic rings. The predicted octanol–water partition coefficient (Wildman–Crippen LogP) is 2.75. The van der Waals surface area contributed by atoms with Crippen molar-refractivity contribution >= 4 is 40.9 Å². The highest BCUT2D eigenvalue weighted by molar-refractivity contribution is 7.71. The third-order valence-corrected chi connectivity index (χ3v) is 5.24. The third-order valence-electron chi connectivity index (χ3n) is 4.94. The second kappa shape index (κ2) is 7.37. The maximum absolute atomic E-state index is 12.7. The van der Waals surface area contributed by atoms with Crippen molar-refractivity contribution in [3.05, 3.63) is 52.1 Å². The molecule has 0 fully saturated rings. The van der Waals surface area contributed by atoms with Crippen molar-refractivity contribution in [1.29, 1.82) is 5.26 Å². The lowest BCUT2D eigenvalue weighted by atomic mass is 10.2. The van der Waals surface area contributed by atoms with E-state index in [4.69, 9.17) is 17.3 Å². The van der Waals surface area contributed by atoms with Crippen molar-refractivity contribution in [2.45, 2.75) is 13.0 Å². The molecule has 4 rings (SSSR count). The number of carbonyl (C=O) groups excluding carboxylic acids is 1. The average Bonchev–Trinajstić information content (AvgIpc) is 2.86. The smallest absolute Gasteiger partial charge is 0.335 e. The fourth-order valence-electron chi connectivity index (χ4n) is 3.58. The zero-order valence-corrected chi connectivity index (χ0v) is 16.0. The molecule has 0 atom stereocenters. The van der Waals surface area contributed by atoms with Crippen molar-refractivity contribution in [1.82, 2.24) is 19.4 Å². The molecule has 9 nitrogen and oxygen atoms in total. The van der Waals surface area contributed by atoms with Gasteiger partial charge in [-0.1, -0.05) is 18.3 Å². The summed E-state index contributed by atoms with van der Waals surface area (Å²) < 4.78 is 2.36. The van der Waals surface area contributed by atoms with E-state index in [1.165, 1.54) is 18.5 Å². The molecule has 0 aliphatic carbocycles. The van der Waals surface area contributed by atoms with Crippen LogP contribution < -0.4 is 5.32 Å². The Morgan fingerprint density at radius 1 is 1.31 bits per heavy atom. The number of H-pyrrole nitrogens is 1. The maximum atomic E-state index is 12.7. The molecule has 0 unspecified atom stereocenters. The molecule has 0 radical (unpaired) electrons. The molecule has 0 saturated carbocycles. The largest absolute Gasteiger partial charge is 0.478 e. The molecule has 2 amide bonds. The number of rotatable bonds is 2. The van der Waals surface area contributed by atoms with E-state index in [1.807, 2.05) is 4.57 Å². The van der Waals surface area contributed by atoms with Crippen molar-refractivity contribution in [3.8, 4) is 6.07 Å². The minimum atomic E-state index is -1.06. The molecule has 3 heterocycles. The summed E-state index contributed by atoms with van der Waals surface area (Å²) in [6.45, 7) is 1.30. The number of amides is 2. The predicted molar refractivity (Wildman–Crippen MR) is 107 cm³/mol. The topological polar surface area (TPSA) is 127 Å².